The minimum Gasteiger partial charge on any atom is -0.487 e. The van der Waals surface area contributed by atoms with E-state index in [0.717, 1.165) is 30.8 Å². The summed E-state index contributed by atoms with van der Waals surface area (Å²) in [5, 5.41) is 6.26. The van der Waals surface area contributed by atoms with Gasteiger partial charge in [0, 0.05) is 30.4 Å². The largest absolute Gasteiger partial charge is 0.487 e. The van der Waals surface area contributed by atoms with Crippen molar-refractivity contribution < 1.29 is 9.53 Å². The highest BCUT2D eigenvalue weighted by Crippen LogP contribution is 2.19. The van der Waals surface area contributed by atoms with Crippen LogP contribution in [0.1, 0.15) is 25.0 Å². The summed E-state index contributed by atoms with van der Waals surface area (Å²) in [4.78, 5) is 16.3. The van der Waals surface area contributed by atoms with Crippen molar-refractivity contribution in [2.24, 2.45) is 0 Å². The van der Waals surface area contributed by atoms with Crippen LogP contribution in [0.4, 0.5) is 5.69 Å². The van der Waals surface area contributed by atoms with E-state index >= 15 is 0 Å². The van der Waals surface area contributed by atoms with Gasteiger partial charge in [-0.25, -0.2) is 0 Å². The topological polar surface area (TPSA) is 63.2 Å². The number of carbonyl (C=O) groups excluding carboxylic acids is 1. The molecule has 5 nitrogen and oxygen atoms in total. The summed E-state index contributed by atoms with van der Waals surface area (Å²) in [5.74, 6) is 0.749. The van der Waals surface area contributed by atoms with Crippen LogP contribution >= 0.6 is 24.8 Å². The monoisotopic (exact) mass is 383 g/mol. The maximum Gasteiger partial charge on any atom is 0.225 e. The number of hydrogen-bond acceptors (Lipinski definition) is 4. The minimum atomic E-state index is 0. The van der Waals surface area contributed by atoms with E-state index < -0.39 is 0 Å². The van der Waals surface area contributed by atoms with Crippen molar-refractivity contribution in [3.8, 4) is 5.75 Å². The van der Waals surface area contributed by atoms with E-state index in [9.17, 15) is 4.79 Å². The van der Waals surface area contributed by atoms with E-state index in [1.165, 1.54) is 0 Å². The lowest BCUT2D eigenvalue weighted by Crippen LogP contribution is -2.27. The molecule has 2 N–H and O–H groups in total. The molecule has 1 atom stereocenters. The van der Waals surface area contributed by atoms with Gasteiger partial charge in [0.25, 0.3) is 0 Å². The molecule has 1 saturated heterocycles. The quantitative estimate of drug-likeness (QED) is 0.799. The number of nitrogens with one attached hydrogen (secondary N) is 2. The molecule has 1 aliphatic heterocycles. The molecule has 0 spiro atoms. The summed E-state index contributed by atoms with van der Waals surface area (Å²) in [6.07, 6.45) is 4.47. The lowest BCUT2D eigenvalue weighted by atomic mass is 10.1. The summed E-state index contributed by atoms with van der Waals surface area (Å²) in [6.45, 7) is 1.42. The van der Waals surface area contributed by atoms with Gasteiger partial charge < -0.3 is 15.4 Å². The number of amides is 1. The highest BCUT2D eigenvalue weighted by atomic mass is 35.5. The Bertz CT molecular complexity index is 650. The lowest BCUT2D eigenvalue weighted by molar-refractivity contribution is -0.116. The van der Waals surface area contributed by atoms with Crippen molar-refractivity contribution in [3.05, 3.63) is 54.4 Å². The number of benzene rings is 1. The minimum absolute atomic E-state index is 0. The highest BCUT2D eigenvalue weighted by Gasteiger charge is 2.17. The number of pyridine rings is 1. The fourth-order valence-corrected chi connectivity index (χ4v) is 2.67. The average Bonchev–Trinajstić information content (AvgIpc) is 3.07. The first-order chi connectivity index (χ1) is 11.3. The number of aromatic nitrogens is 1. The van der Waals surface area contributed by atoms with Crippen LogP contribution in [0.3, 0.4) is 0 Å². The van der Waals surface area contributed by atoms with Crippen LogP contribution in [0.2, 0.25) is 0 Å². The molecule has 3 rings (SSSR count). The second-order valence-corrected chi connectivity index (χ2v) is 5.68. The van der Waals surface area contributed by atoms with Gasteiger partial charge in [-0.1, -0.05) is 12.1 Å². The van der Waals surface area contributed by atoms with Gasteiger partial charge >= 0.3 is 0 Å². The second-order valence-electron chi connectivity index (χ2n) is 5.68. The number of hydrogen-bond donors (Lipinski definition) is 2. The molecule has 1 aromatic carbocycles. The van der Waals surface area contributed by atoms with Crippen LogP contribution in [0.5, 0.6) is 5.75 Å². The zero-order valence-corrected chi connectivity index (χ0v) is 15.4. The fourth-order valence-electron chi connectivity index (χ4n) is 2.67. The Morgan fingerprint density at radius 3 is 2.84 bits per heavy atom. The zero-order valence-electron chi connectivity index (χ0n) is 13.8. The molecule has 1 amide bonds. The number of anilines is 1. The maximum absolute atomic E-state index is 12.1. The predicted molar refractivity (Wildman–Crippen MR) is 104 cm³/mol. The Hall–Kier alpha value is -1.82. The smallest absolute Gasteiger partial charge is 0.225 e. The lowest BCUT2D eigenvalue weighted by Gasteiger charge is -2.11. The second kappa shape index (κ2) is 10.9. The number of halogens is 2. The third kappa shape index (κ3) is 6.90. The molecule has 7 heteroatoms. The molecule has 0 bridgehead atoms. The Labute approximate surface area is 160 Å². The molecule has 1 aromatic heterocycles. The predicted octanol–water partition coefficient (Wildman–Crippen LogP) is 3.58. The fraction of sp³-hybridized carbons (Fsp3) is 0.333. The van der Waals surface area contributed by atoms with Gasteiger partial charge in [-0.3, -0.25) is 9.78 Å². The number of carbonyl (C=O) groups is 1. The maximum atomic E-state index is 12.1. The zero-order chi connectivity index (χ0) is 15.9. The van der Waals surface area contributed by atoms with Crippen LogP contribution in [0, 0.1) is 0 Å². The van der Waals surface area contributed by atoms with E-state index in [4.69, 9.17) is 4.74 Å². The Morgan fingerprint density at radius 2 is 2.12 bits per heavy atom. The average molecular weight is 384 g/mol. The van der Waals surface area contributed by atoms with Crippen LogP contribution in [0.15, 0.2) is 48.7 Å². The van der Waals surface area contributed by atoms with E-state index in [2.05, 4.69) is 15.6 Å². The van der Waals surface area contributed by atoms with Gasteiger partial charge in [0.05, 0.1) is 5.69 Å². The first-order valence-corrected chi connectivity index (χ1v) is 7.95. The molecule has 25 heavy (non-hydrogen) atoms. The Morgan fingerprint density at radius 1 is 1.24 bits per heavy atom. The SMILES string of the molecule is Cl.Cl.O=C(CC1CCCN1)Nc1cccc(OCc2ccccn2)c1. The van der Waals surface area contributed by atoms with E-state index in [0.29, 0.717) is 24.8 Å². The van der Waals surface area contributed by atoms with Crippen LogP contribution in [-0.4, -0.2) is 23.5 Å². The first-order valence-electron chi connectivity index (χ1n) is 7.95. The normalized spacial score (nSPS) is 15.6. The third-order valence-corrected chi connectivity index (χ3v) is 3.82. The van der Waals surface area contributed by atoms with Crippen molar-refractivity contribution in [1.82, 2.24) is 10.3 Å². The summed E-state index contributed by atoms with van der Waals surface area (Å²) in [6, 6.07) is 13.5. The highest BCUT2D eigenvalue weighted by molar-refractivity contribution is 5.91. The third-order valence-electron chi connectivity index (χ3n) is 3.82. The molecule has 2 heterocycles. The van der Waals surface area contributed by atoms with E-state index in [1.54, 1.807) is 6.20 Å². The number of rotatable bonds is 6. The Kier molecular flexibility index (Phi) is 9.27. The van der Waals surface area contributed by atoms with Crippen molar-refractivity contribution in [3.63, 3.8) is 0 Å². The van der Waals surface area contributed by atoms with Gasteiger partial charge in [0.2, 0.25) is 5.91 Å². The molecule has 1 unspecified atom stereocenters. The van der Waals surface area contributed by atoms with E-state index in [1.807, 2.05) is 42.5 Å². The summed E-state index contributed by atoms with van der Waals surface area (Å²) >= 11 is 0. The van der Waals surface area contributed by atoms with Crippen molar-refractivity contribution in [2.75, 3.05) is 11.9 Å². The molecule has 0 saturated carbocycles. The first kappa shape index (κ1) is 21.2. The molecular formula is C18H23Cl2N3O2. The molecule has 136 valence electrons. The van der Waals surface area contributed by atoms with E-state index in [-0.39, 0.29) is 30.7 Å². The van der Waals surface area contributed by atoms with Gasteiger partial charge in [-0.05, 0) is 43.7 Å². The van der Waals surface area contributed by atoms with Gasteiger partial charge in [0.15, 0.2) is 0 Å². The van der Waals surface area contributed by atoms with Gasteiger partial charge in [-0.2, -0.15) is 0 Å². The Balaban J connectivity index is 0.00000156. The molecule has 0 aliphatic carbocycles. The van der Waals surface area contributed by atoms with Crippen molar-refractivity contribution >= 4 is 36.4 Å². The molecular weight excluding hydrogens is 361 g/mol. The summed E-state index contributed by atoms with van der Waals surface area (Å²) in [7, 11) is 0. The van der Waals surface area contributed by atoms with Gasteiger partial charge in [-0.15, -0.1) is 24.8 Å². The summed E-state index contributed by atoms with van der Waals surface area (Å²) in [5.41, 5.74) is 1.63. The van der Waals surface area contributed by atoms with Crippen molar-refractivity contribution in [2.45, 2.75) is 31.9 Å². The van der Waals surface area contributed by atoms with Crippen LogP contribution in [0.25, 0.3) is 0 Å². The number of ether oxygens (including phenoxy) is 1. The van der Waals surface area contributed by atoms with Crippen LogP contribution < -0.4 is 15.4 Å². The molecule has 0 radical (unpaired) electrons. The number of nitrogens with zero attached hydrogens (tertiary/aromatic N) is 1. The summed E-state index contributed by atoms with van der Waals surface area (Å²) < 4.78 is 5.72. The molecule has 1 aliphatic rings. The standard InChI is InChI=1S/C18H21N3O2.2ClH/c22-18(12-14-7-4-10-19-14)21-15-6-3-8-17(11-15)23-13-16-5-1-2-9-20-16;;/h1-3,5-6,8-9,11,14,19H,4,7,10,12-13H2,(H,21,22);2*1H. The molecule has 1 fully saturated rings. The van der Waals surface area contributed by atoms with Gasteiger partial charge in [0.1, 0.15) is 12.4 Å². The van der Waals surface area contributed by atoms with Crippen LogP contribution in [-0.2, 0) is 11.4 Å². The van der Waals surface area contributed by atoms with Crippen molar-refractivity contribution in [1.29, 1.82) is 0 Å². The molecule has 2 aromatic rings.